The van der Waals surface area contributed by atoms with Crippen LogP contribution in [0.1, 0.15) is 13.8 Å². The van der Waals surface area contributed by atoms with Crippen LogP contribution in [0.5, 0.6) is 0 Å². The molecule has 0 N–H and O–H groups in total. The highest BCUT2D eigenvalue weighted by molar-refractivity contribution is 5.61. The Morgan fingerprint density at radius 1 is 1.40 bits per heavy atom. The van der Waals surface area contributed by atoms with Gasteiger partial charge in [-0.05, 0) is 23.6 Å². The summed E-state index contributed by atoms with van der Waals surface area (Å²) in [5.74, 6) is 0.625. The van der Waals surface area contributed by atoms with Crippen molar-refractivity contribution in [2.75, 3.05) is 0 Å². The maximum atomic E-state index is 4.34. The van der Waals surface area contributed by atoms with E-state index in [2.05, 4.69) is 37.3 Å². The molecule has 1 aromatic heterocycles. The van der Waals surface area contributed by atoms with Gasteiger partial charge in [-0.25, -0.2) is 0 Å². The van der Waals surface area contributed by atoms with Crippen molar-refractivity contribution in [2.24, 2.45) is 5.92 Å². The van der Waals surface area contributed by atoms with Crippen LogP contribution in [-0.4, -0.2) is 9.78 Å². The topological polar surface area (TPSA) is 17.8 Å². The summed E-state index contributed by atoms with van der Waals surface area (Å²) in [4.78, 5) is 0. The lowest BCUT2D eigenvalue weighted by atomic mass is 10.1. The highest BCUT2D eigenvalue weighted by Gasteiger charge is 2.02. The first kappa shape index (κ1) is 9.97. The molecule has 2 rings (SSSR count). The van der Waals surface area contributed by atoms with E-state index in [4.69, 9.17) is 0 Å². The van der Waals surface area contributed by atoms with Crippen LogP contribution in [0.15, 0.2) is 36.7 Å². The van der Waals surface area contributed by atoms with E-state index in [0.29, 0.717) is 5.92 Å². The van der Waals surface area contributed by atoms with Crippen molar-refractivity contribution in [3.63, 3.8) is 0 Å². The van der Waals surface area contributed by atoms with Gasteiger partial charge in [0.15, 0.2) is 0 Å². The minimum Gasteiger partial charge on any atom is -0.272 e. The standard InChI is InChI=1S/C13H15N2/c1-11(2)9-15-10-13(8-14-15)12-6-4-3-5-7-12/h3-4,6-8,10-11H,9H2,1-2H3. The Kier molecular flexibility index (Phi) is 2.86. The number of hydrogen-bond donors (Lipinski definition) is 0. The van der Waals surface area contributed by atoms with E-state index in [0.717, 1.165) is 12.1 Å². The summed E-state index contributed by atoms with van der Waals surface area (Å²) in [7, 11) is 0. The molecule has 0 saturated heterocycles. The molecule has 0 fully saturated rings. The predicted molar refractivity (Wildman–Crippen MR) is 61.3 cm³/mol. The second-order valence-electron chi connectivity index (χ2n) is 4.14. The second-order valence-corrected chi connectivity index (χ2v) is 4.14. The van der Waals surface area contributed by atoms with Crippen molar-refractivity contribution < 1.29 is 0 Å². The van der Waals surface area contributed by atoms with E-state index in [9.17, 15) is 0 Å². The number of rotatable bonds is 3. The highest BCUT2D eigenvalue weighted by Crippen LogP contribution is 2.17. The van der Waals surface area contributed by atoms with Crippen molar-refractivity contribution in [2.45, 2.75) is 20.4 Å². The molecule has 2 heteroatoms. The fourth-order valence-electron chi connectivity index (χ4n) is 1.56. The second kappa shape index (κ2) is 4.30. The molecule has 2 nitrogen and oxygen atoms in total. The van der Waals surface area contributed by atoms with Gasteiger partial charge in [-0.3, -0.25) is 4.68 Å². The SMILES string of the molecule is CC(C)Cn1cc(-c2c[c]ccc2)cn1. The Morgan fingerprint density at radius 3 is 2.93 bits per heavy atom. The molecule has 15 heavy (non-hydrogen) atoms. The average molecular weight is 199 g/mol. The van der Waals surface area contributed by atoms with Gasteiger partial charge in [0.2, 0.25) is 0 Å². The van der Waals surface area contributed by atoms with Gasteiger partial charge >= 0.3 is 0 Å². The normalized spacial score (nSPS) is 10.9. The van der Waals surface area contributed by atoms with Gasteiger partial charge in [-0.1, -0.05) is 32.0 Å². The molecular weight excluding hydrogens is 184 g/mol. The van der Waals surface area contributed by atoms with E-state index in [-0.39, 0.29) is 0 Å². The molecule has 0 spiro atoms. The van der Waals surface area contributed by atoms with Crippen LogP contribution in [0.4, 0.5) is 0 Å². The smallest absolute Gasteiger partial charge is 0.0568 e. The lowest BCUT2D eigenvalue weighted by Crippen LogP contribution is -2.03. The molecular formula is C13H15N2. The van der Waals surface area contributed by atoms with Crippen LogP contribution < -0.4 is 0 Å². The lowest BCUT2D eigenvalue weighted by molar-refractivity contribution is 0.483. The third-order valence-electron chi connectivity index (χ3n) is 2.23. The van der Waals surface area contributed by atoms with Gasteiger partial charge in [0.1, 0.15) is 0 Å². The molecule has 0 amide bonds. The van der Waals surface area contributed by atoms with Gasteiger partial charge in [0.05, 0.1) is 6.20 Å². The summed E-state index contributed by atoms with van der Waals surface area (Å²) < 4.78 is 1.99. The first-order valence-electron chi connectivity index (χ1n) is 5.24. The maximum Gasteiger partial charge on any atom is 0.0568 e. The summed E-state index contributed by atoms with van der Waals surface area (Å²) in [5.41, 5.74) is 2.33. The van der Waals surface area contributed by atoms with E-state index >= 15 is 0 Å². The highest BCUT2D eigenvalue weighted by atomic mass is 15.3. The van der Waals surface area contributed by atoms with Crippen molar-refractivity contribution in [1.29, 1.82) is 0 Å². The number of hydrogen-bond acceptors (Lipinski definition) is 1. The van der Waals surface area contributed by atoms with E-state index < -0.39 is 0 Å². The Labute approximate surface area is 90.6 Å². The van der Waals surface area contributed by atoms with Crippen molar-refractivity contribution in [3.8, 4) is 11.1 Å². The van der Waals surface area contributed by atoms with Crippen molar-refractivity contribution in [1.82, 2.24) is 9.78 Å². The lowest BCUT2D eigenvalue weighted by Gasteiger charge is -2.03. The van der Waals surface area contributed by atoms with Crippen LogP contribution in [-0.2, 0) is 6.54 Å². The van der Waals surface area contributed by atoms with Crippen LogP contribution in [0.3, 0.4) is 0 Å². The zero-order valence-electron chi connectivity index (χ0n) is 9.14. The summed E-state index contributed by atoms with van der Waals surface area (Å²) >= 11 is 0. The Hall–Kier alpha value is -1.57. The first-order valence-corrected chi connectivity index (χ1v) is 5.24. The molecule has 0 aliphatic carbocycles. The molecule has 77 valence electrons. The quantitative estimate of drug-likeness (QED) is 0.743. The molecule has 0 aliphatic heterocycles. The van der Waals surface area contributed by atoms with Gasteiger partial charge in [-0.15, -0.1) is 0 Å². The number of nitrogens with zero attached hydrogens (tertiary/aromatic N) is 2. The molecule has 0 atom stereocenters. The fourth-order valence-corrected chi connectivity index (χ4v) is 1.56. The molecule has 2 aromatic rings. The molecule has 1 aromatic carbocycles. The largest absolute Gasteiger partial charge is 0.272 e. The van der Waals surface area contributed by atoms with Gasteiger partial charge in [-0.2, -0.15) is 5.10 Å². The van der Waals surface area contributed by atoms with Crippen LogP contribution >= 0.6 is 0 Å². The maximum absolute atomic E-state index is 4.34. The fraction of sp³-hybridized carbons (Fsp3) is 0.308. The molecule has 0 saturated carbocycles. The summed E-state index contributed by atoms with van der Waals surface area (Å²) in [6, 6.07) is 11.0. The Morgan fingerprint density at radius 2 is 2.27 bits per heavy atom. The van der Waals surface area contributed by atoms with E-state index in [1.807, 2.05) is 29.1 Å². The first-order chi connectivity index (χ1) is 7.25. The average Bonchev–Trinajstić information content (AvgIpc) is 2.67. The molecule has 1 radical (unpaired) electrons. The summed E-state index contributed by atoms with van der Waals surface area (Å²) in [6.45, 7) is 5.35. The Balaban J connectivity index is 2.21. The number of aromatic nitrogens is 2. The minimum atomic E-state index is 0.625. The Bertz CT molecular complexity index is 415. The van der Waals surface area contributed by atoms with E-state index in [1.165, 1.54) is 5.56 Å². The zero-order chi connectivity index (χ0) is 10.7. The van der Waals surface area contributed by atoms with Gasteiger partial charge < -0.3 is 0 Å². The van der Waals surface area contributed by atoms with Gasteiger partial charge in [0.25, 0.3) is 0 Å². The van der Waals surface area contributed by atoms with Crippen molar-refractivity contribution >= 4 is 0 Å². The monoisotopic (exact) mass is 199 g/mol. The third kappa shape index (κ3) is 2.46. The number of benzene rings is 1. The summed E-state index contributed by atoms with van der Waals surface area (Å²) in [5, 5.41) is 4.34. The summed E-state index contributed by atoms with van der Waals surface area (Å²) in [6.07, 6.45) is 3.99. The van der Waals surface area contributed by atoms with Gasteiger partial charge in [0, 0.05) is 18.3 Å². The minimum absolute atomic E-state index is 0.625. The molecule has 0 aliphatic rings. The van der Waals surface area contributed by atoms with Crippen LogP contribution in [0.25, 0.3) is 11.1 Å². The van der Waals surface area contributed by atoms with Crippen LogP contribution in [0.2, 0.25) is 0 Å². The zero-order valence-corrected chi connectivity index (χ0v) is 9.14. The third-order valence-corrected chi connectivity index (χ3v) is 2.23. The molecule has 0 bridgehead atoms. The van der Waals surface area contributed by atoms with Crippen molar-refractivity contribution in [3.05, 3.63) is 42.7 Å². The molecule has 1 heterocycles. The molecule has 0 unspecified atom stereocenters. The van der Waals surface area contributed by atoms with Crippen LogP contribution in [0, 0.1) is 12.0 Å². The predicted octanol–water partition coefficient (Wildman–Crippen LogP) is 3.01. The van der Waals surface area contributed by atoms with E-state index in [1.54, 1.807) is 0 Å².